The summed E-state index contributed by atoms with van der Waals surface area (Å²) in [4.78, 5) is 25.5. The molecule has 27 heavy (non-hydrogen) atoms. The third-order valence-electron chi connectivity index (χ3n) is 4.79. The third-order valence-corrected chi connectivity index (χ3v) is 4.79. The molecule has 0 aromatic carbocycles. The summed E-state index contributed by atoms with van der Waals surface area (Å²) in [6.07, 6.45) is 13.0. The number of nitrogens with zero attached hydrogens (tertiary/aromatic N) is 1. The van der Waals surface area contributed by atoms with Crippen molar-refractivity contribution in [1.82, 2.24) is 10.2 Å². The van der Waals surface area contributed by atoms with E-state index < -0.39 is 17.9 Å². The van der Waals surface area contributed by atoms with Crippen LogP contribution in [0.1, 0.15) is 90.9 Å². The second-order valence-electron chi connectivity index (χ2n) is 7.62. The van der Waals surface area contributed by atoms with Gasteiger partial charge in [-0.25, -0.2) is 0 Å². The van der Waals surface area contributed by atoms with Gasteiger partial charge in [0.05, 0.1) is 6.42 Å². The van der Waals surface area contributed by atoms with Gasteiger partial charge >= 0.3 is 5.97 Å². The highest BCUT2D eigenvalue weighted by atomic mass is 16.6. The summed E-state index contributed by atoms with van der Waals surface area (Å²) in [5, 5.41) is 3.15. The lowest BCUT2D eigenvalue weighted by Crippen LogP contribution is -2.44. The minimum absolute atomic E-state index is 0.0273. The van der Waals surface area contributed by atoms with E-state index in [0.29, 0.717) is 13.0 Å². The molecule has 0 bridgehead atoms. The lowest BCUT2D eigenvalue weighted by molar-refractivity contribution is -0.160. The predicted octanol–water partition coefficient (Wildman–Crippen LogP) is 3.58. The van der Waals surface area contributed by atoms with Gasteiger partial charge in [0.2, 0.25) is 5.91 Å². The van der Waals surface area contributed by atoms with Crippen LogP contribution in [0.25, 0.3) is 0 Å². The summed E-state index contributed by atoms with van der Waals surface area (Å²) in [5.74, 6) is -0.896. The normalized spacial score (nSPS) is 13.5. The van der Waals surface area contributed by atoms with Gasteiger partial charge in [-0.15, -0.1) is 0 Å². The molecule has 6 heteroatoms. The Labute approximate surface area is 166 Å². The van der Waals surface area contributed by atoms with E-state index in [1.165, 1.54) is 51.4 Å². The Morgan fingerprint density at radius 3 is 1.89 bits per heavy atom. The summed E-state index contributed by atoms with van der Waals surface area (Å²) < 4.78 is 5.49. The number of rotatable bonds is 18. The molecule has 2 atom stereocenters. The fraction of sp³-hybridized carbons (Fsp3) is 0.905. The zero-order valence-corrected chi connectivity index (χ0v) is 18.1. The van der Waals surface area contributed by atoms with Crippen molar-refractivity contribution in [3.63, 3.8) is 0 Å². The molecule has 0 saturated heterocycles. The summed E-state index contributed by atoms with van der Waals surface area (Å²) in [7, 11) is 3.73. The molecule has 0 radical (unpaired) electrons. The standard InChI is InChI=1S/C21H43N3O3/c1-5-7-8-9-10-11-12-13-14-15-16-23-18(17-19(22)25)21(26)27-20(6-2)24(3)4/h18,20,23H,5-17H2,1-4H3,(H2,22,25). The SMILES string of the molecule is CCCCCCCCCCCCNC(CC(N)=O)C(=O)OC(CC)N(C)C. The largest absolute Gasteiger partial charge is 0.445 e. The smallest absolute Gasteiger partial charge is 0.325 e. The van der Waals surface area contributed by atoms with Crippen LogP contribution in [0.4, 0.5) is 0 Å². The van der Waals surface area contributed by atoms with Gasteiger partial charge in [-0.3, -0.25) is 14.5 Å². The van der Waals surface area contributed by atoms with E-state index in [4.69, 9.17) is 10.5 Å². The molecule has 0 aliphatic carbocycles. The average Bonchev–Trinajstić information content (AvgIpc) is 2.62. The molecule has 0 heterocycles. The fourth-order valence-corrected chi connectivity index (χ4v) is 3.10. The van der Waals surface area contributed by atoms with Crippen LogP contribution in [0.5, 0.6) is 0 Å². The lowest BCUT2D eigenvalue weighted by Gasteiger charge is -2.25. The Morgan fingerprint density at radius 2 is 1.44 bits per heavy atom. The van der Waals surface area contributed by atoms with Crippen molar-refractivity contribution in [2.45, 2.75) is 103 Å². The highest BCUT2D eigenvalue weighted by Crippen LogP contribution is 2.10. The second kappa shape index (κ2) is 17.0. The van der Waals surface area contributed by atoms with Crippen LogP contribution >= 0.6 is 0 Å². The molecule has 160 valence electrons. The molecule has 0 aromatic heterocycles. The van der Waals surface area contributed by atoms with Gasteiger partial charge in [0.15, 0.2) is 6.23 Å². The van der Waals surface area contributed by atoms with Crippen molar-refractivity contribution < 1.29 is 14.3 Å². The van der Waals surface area contributed by atoms with E-state index in [1.54, 1.807) is 0 Å². The highest BCUT2D eigenvalue weighted by Gasteiger charge is 2.25. The van der Waals surface area contributed by atoms with Gasteiger partial charge in [-0.1, -0.05) is 71.6 Å². The van der Waals surface area contributed by atoms with E-state index in [9.17, 15) is 9.59 Å². The van der Waals surface area contributed by atoms with E-state index in [0.717, 1.165) is 12.8 Å². The van der Waals surface area contributed by atoms with Crippen LogP contribution < -0.4 is 11.1 Å². The first kappa shape index (κ1) is 25.9. The minimum Gasteiger partial charge on any atom is -0.445 e. The van der Waals surface area contributed by atoms with E-state index in [1.807, 2.05) is 25.9 Å². The maximum atomic E-state index is 12.3. The molecule has 0 aliphatic heterocycles. The van der Waals surface area contributed by atoms with Crippen LogP contribution in [0, 0.1) is 0 Å². The monoisotopic (exact) mass is 385 g/mol. The van der Waals surface area contributed by atoms with Crippen molar-refractivity contribution in [3.05, 3.63) is 0 Å². The number of unbranched alkanes of at least 4 members (excludes halogenated alkanes) is 9. The zero-order chi connectivity index (χ0) is 20.5. The Kier molecular flexibility index (Phi) is 16.3. The molecule has 0 spiro atoms. The highest BCUT2D eigenvalue weighted by molar-refractivity contribution is 5.84. The Hall–Kier alpha value is -1.14. The fourth-order valence-electron chi connectivity index (χ4n) is 3.10. The molecule has 6 nitrogen and oxygen atoms in total. The zero-order valence-electron chi connectivity index (χ0n) is 18.1. The van der Waals surface area contributed by atoms with Crippen LogP contribution in [0.2, 0.25) is 0 Å². The number of nitrogens with one attached hydrogen (secondary N) is 1. The summed E-state index contributed by atoms with van der Waals surface area (Å²) in [5.41, 5.74) is 5.29. The van der Waals surface area contributed by atoms with E-state index in [2.05, 4.69) is 12.2 Å². The first-order chi connectivity index (χ1) is 12.9. The van der Waals surface area contributed by atoms with E-state index in [-0.39, 0.29) is 12.6 Å². The molecule has 0 saturated carbocycles. The van der Waals surface area contributed by atoms with Crippen LogP contribution in [-0.4, -0.2) is 49.7 Å². The number of amides is 1. The first-order valence-electron chi connectivity index (χ1n) is 10.8. The molecule has 1 amide bonds. The number of esters is 1. The Balaban J connectivity index is 3.97. The van der Waals surface area contributed by atoms with Crippen LogP contribution in [-0.2, 0) is 14.3 Å². The van der Waals surface area contributed by atoms with Crippen molar-refractivity contribution in [3.8, 4) is 0 Å². The number of hydrogen-bond acceptors (Lipinski definition) is 5. The molecule has 0 fully saturated rings. The number of ether oxygens (including phenoxy) is 1. The molecular formula is C21H43N3O3. The van der Waals surface area contributed by atoms with E-state index >= 15 is 0 Å². The number of primary amides is 1. The van der Waals surface area contributed by atoms with Crippen molar-refractivity contribution in [1.29, 1.82) is 0 Å². The third kappa shape index (κ3) is 14.6. The van der Waals surface area contributed by atoms with Crippen LogP contribution in [0.15, 0.2) is 0 Å². The van der Waals surface area contributed by atoms with Crippen molar-refractivity contribution in [2.75, 3.05) is 20.6 Å². The topological polar surface area (TPSA) is 84.7 Å². The molecule has 0 aliphatic rings. The molecule has 2 unspecified atom stereocenters. The quantitative estimate of drug-likeness (QED) is 0.214. The van der Waals surface area contributed by atoms with Gasteiger partial charge in [0, 0.05) is 0 Å². The molecular weight excluding hydrogens is 342 g/mol. The Morgan fingerprint density at radius 1 is 0.926 bits per heavy atom. The second-order valence-corrected chi connectivity index (χ2v) is 7.62. The summed E-state index contributed by atoms with van der Waals surface area (Å²) in [6, 6.07) is -0.657. The van der Waals surface area contributed by atoms with Gasteiger partial charge < -0.3 is 15.8 Å². The number of carbonyl (C=O) groups is 2. The predicted molar refractivity (Wildman–Crippen MR) is 111 cm³/mol. The van der Waals surface area contributed by atoms with Gasteiger partial charge in [0.1, 0.15) is 6.04 Å². The minimum atomic E-state index is -0.657. The number of carbonyl (C=O) groups excluding carboxylic acids is 2. The molecule has 0 rings (SSSR count). The summed E-state index contributed by atoms with van der Waals surface area (Å²) in [6.45, 7) is 4.90. The van der Waals surface area contributed by atoms with Gasteiger partial charge in [0.25, 0.3) is 0 Å². The van der Waals surface area contributed by atoms with Gasteiger partial charge in [-0.05, 0) is 33.5 Å². The molecule has 3 N–H and O–H groups in total. The van der Waals surface area contributed by atoms with Gasteiger partial charge in [-0.2, -0.15) is 0 Å². The lowest BCUT2D eigenvalue weighted by atomic mass is 10.1. The number of nitrogens with two attached hydrogens (primary N) is 1. The number of hydrogen-bond donors (Lipinski definition) is 2. The summed E-state index contributed by atoms with van der Waals surface area (Å²) >= 11 is 0. The average molecular weight is 386 g/mol. The maximum Gasteiger partial charge on any atom is 0.325 e. The first-order valence-corrected chi connectivity index (χ1v) is 10.8. The van der Waals surface area contributed by atoms with Crippen LogP contribution in [0.3, 0.4) is 0 Å². The molecule has 0 aromatic rings. The van der Waals surface area contributed by atoms with Crippen molar-refractivity contribution in [2.24, 2.45) is 5.73 Å². The Bertz CT molecular complexity index is 389. The maximum absolute atomic E-state index is 12.3. The van der Waals surface area contributed by atoms with Crippen molar-refractivity contribution >= 4 is 11.9 Å².